The third-order valence-electron chi connectivity index (χ3n) is 3.18. The molecule has 0 saturated carbocycles. The molecule has 0 fully saturated rings. The van der Waals surface area contributed by atoms with Crippen LogP contribution in [0.25, 0.3) is 11.1 Å². The molecule has 0 spiro atoms. The van der Waals surface area contributed by atoms with Crippen molar-refractivity contribution in [1.82, 2.24) is 0 Å². The maximum absolute atomic E-state index is 13.1. The van der Waals surface area contributed by atoms with Crippen molar-refractivity contribution in [1.29, 1.82) is 0 Å². The smallest absolute Gasteiger partial charge is 0.481 e. The highest BCUT2D eigenvalue weighted by Crippen LogP contribution is 2.36. The molecule has 0 bridgehead atoms. The zero-order chi connectivity index (χ0) is 18.8. The number of carboxylic acid groups (broad SMARTS) is 1. The zero-order valence-electron chi connectivity index (χ0n) is 12.3. The van der Waals surface area contributed by atoms with Crippen LogP contribution in [0.4, 0.5) is 26.3 Å². The molecule has 0 aliphatic heterocycles. The predicted molar refractivity (Wildman–Crippen MR) is 74.9 cm³/mol. The van der Waals surface area contributed by atoms with Crippen LogP contribution in [-0.2, 0) is 17.4 Å². The minimum atomic E-state index is -4.87. The third kappa shape index (κ3) is 5.13. The van der Waals surface area contributed by atoms with Crippen LogP contribution in [0.15, 0.2) is 42.5 Å². The molecular weight excluding hydrogens is 354 g/mol. The van der Waals surface area contributed by atoms with E-state index in [0.717, 1.165) is 24.3 Å². The number of rotatable bonds is 4. The summed E-state index contributed by atoms with van der Waals surface area (Å²) in [4.78, 5) is 10.7. The highest BCUT2D eigenvalue weighted by Gasteiger charge is 2.34. The highest BCUT2D eigenvalue weighted by atomic mass is 19.4. The number of aliphatic carboxylic acids is 1. The van der Waals surface area contributed by atoms with Gasteiger partial charge in [-0.25, -0.2) is 0 Å². The molecule has 0 saturated heterocycles. The molecule has 0 atom stereocenters. The van der Waals surface area contributed by atoms with Gasteiger partial charge >= 0.3 is 18.5 Å². The Morgan fingerprint density at radius 3 is 1.96 bits per heavy atom. The van der Waals surface area contributed by atoms with Crippen molar-refractivity contribution >= 4 is 5.97 Å². The number of carboxylic acids is 1. The highest BCUT2D eigenvalue weighted by molar-refractivity contribution is 5.72. The van der Waals surface area contributed by atoms with Gasteiger partial charge in [-0.3, -0.25) is 4.79 Å². The van der Waals surface area contributed by atoms with Gasteiger partial charge in [-0.05, 0) is 34.9 Å². The van der Waals surface area contributed by atoms with Crippen LogP contribution >= 0.6 is 0 Å². The largest absolute Gasteiger partial charge is 0.573 e. The van der Waals surface area contributed by atoms with Gasteiger partial charge in [-0.2, -0.15) is 13.2 Å². The number of ether oxygens (including phenoxy) is 1. The van der Waals surface area contributed by atoms with Gasteiger partial charge < -0.3 is 9.84 Å². The molecule has 3 nitrogen and oxygen atoms in total. The summed E-state index contributed by atoms with van der Waals surface area (Å²) in [6.07, 6.45) is -10.4. The van der Waals surface area contributed by atoms with Crippen LogP contribution in [0.3, 0.4) is 0 Å². The molecule has 0 amide bonds. The lowest BCUT2D eigenvalue weighted by molar-refractivity contribution is -0.274. The Kier molecular flexibility index (Phi) is 4.96. The van der Waals surface area contributed by atoms with E-state index in [1.807, 2.05) is 0 Å². The number of halogens is 6. The Hall–Kier alpha value is -2.71. The van der Waals surface area contributed by atoms with Gasteiger partial charge in [0.2, 0.25) is 0 Å². The summed E-state index contributed by atoms with van der Waals surface area (Å²) < 4.78 is 79.3. The van der Waals surface area contributed by atoms with E-state index in [9.17, 15) is 31.1 Å². The first-order valence-corrected chi connectivity index (χ1v) is 6.74. The van der Waals surface area contributed by atoms with E-state index in [4.69, 9.17) is 5.11 Å². The van der Waals surface area contributed by atoms with Gasteiger partial charge in [0.05, 0.1) is 12.0 Å². The molecule has 25 heavy (non-hydrogen) atoms. The van der Waals surface area contributed by atoms with E-state index >= 15 is 0 Å². The predicted octanol–water partition coefficient (Wildman–Crippen LogP) is 4.90. The van der Waals surface area contributed by atoms with Crippen LogP contribution in [0.2, 0.25) is 0 Å². The molecule has 2 rings (SSSR count). The van der Waals surface area contributed by atoms with E-state index in [1.54, 1.807) is 0 Å². The second-order valence-corrected chi connectivity index (χ2v) is 5.01. The van der Waals surface area contributed by atoms with Gasteiger partial charge in [0.15, 0.2) is 0 Å². The number of benzene rings is 2. The van der Waals surface area contributed by atoms with Crippen LogP contribution in [0.1, 0.15) is 11.1 Å². The molecule has 0 aliphatic carbocycles. The van der Waals surface area contributed by atoms with Crippen LogP contribution < -0.4 is 4.74 Å². The number of hydrogen-bond acceptors (Lipinski definition) is 2. The van der Waals surface area contributed by atoms with E-state index in [1.165, 1.54) is 18.2 Å². The fourth-order valence-corrected chi connectivity index (χ4v) is 2.19. The standard InChI is InChI=1S/C16H10F6O3/c17-15(18,19)13-7-10(1-2-11(13)8-14(23)24)9-3-5-12(6-4-9)25-16(20,21)22/h1-7H,8H2,(H,23,24). The minimum Gasteiger partial charge on any atom is -0.481 e. The average Bonchev–Trinajstić information content (AvgIpc) is 2.45. The van der Waals surface area contributed by atoms with E-state index in [2.05, 4.69) is 4.74 Å². The fourth-order valence-electron chi connectivity index (χ4n) is 2.19. The monoisotopic (exact) mass is 364 g/mol. The van der Waals surface area contributed by atoms with Gasteiger partial charge in [0, 0.05) is 0 Å². The van der Waals surface area contributed by atoms with Crippen molar-refractivity contribution in [2.24, 2.45) is 0 Å². The molecule has 9 heteroatoms. The van der Waals surface area contributed by atoms with E-state index in [-0.39, 0.29) is 11.1 Å². The Morgan fingerprint density at radius 2 is 1.48 bits per heavy atom. The van der Waals surface area contributed by atoms with E-state index < -0.39 is 41.8 Å². The Bertz CT molecular complexity index is 763. The summed E-state index contributed by atoms with van der Waals surface area (Å²) in [5.41, 5.74) is -1.20. The molecule has 1 N–H and O–H groups in total. The first-order valence-electron chi connectivity index (χ1n) is 6.74. The Labute approximate surface area is 137 Å². The van der Waals surface area contributed by atoms with Crippen molar-refractivity contribution in [2.45, 2.75) is 19.0 Å². The summed E-state index contributed by atoms with van der Waals surface area (Å²) in [5, 5.41) is 8.69. The van der Waals surface area contributed by atoms with Crippen molar-refractivity contribution in [2.75, 3.05) is 0 Å². The quantitative estimate of drug-likeness (QED) is 0.785. The van der Waals surface area contributed by atoms with Gasteiger partial charge in [-0.1, -0.05) is 24.3 Å². The molecule has 2 aromatic rings. The molecule has 134 valence electrons. The fraction of sp³-hybridized carbons (Fsp3) is 0.188. The number of hydrogen-bond donors (Lipinski definition) is 1. The molecular formula is C16H10F6O3. The van der Waals surface area contributed by atoms with Crippen LogP contribution in [0, 0.1) is 0 Å². The number of alkyl halides is 6. The third-order valence-corrected chi connectivity index (χ3v) is 3.18. The zero-order valence-corrected chi connectivity index (χ0v) is 12.3. The Balaban J connectivity index is 2.38. The van der Waals surface area contributed by atoms with Crippen LogP contribution in [0.5, 0.6) is 5.75 Å². The lowest BCUT2D eigenvalue weighted by atomic mass is 9.97. The molecule has 0 unspecified atom stereocenters. The maximum atomic E-state index is 13.1. The molecule has 0 aliphatic rings. The normalized spacial score (nSPS) is 12.1. The summed E-state index contributed by atoms with van der Waals surface area (Å²) in [5.74, 6) is -1.92. The molecule has 0 aromatic heterocycles. The molecule has 0 heterocycles. The summed E-state index contributed by atoms with van der Waals surface area (Å²) in [6, 6.07) is 7.36. The average molecular weight is 364 g/mol. The second kappa shape index (κ2) is 6.66. The van der Waals surface area contributed by atoms with E-state index in [0.29, 0.717) is 0 Å². The first-order chi connectivity index (χ1) is 11.5. The topological polar surface area (TPSA) is 46.5 Å². The van der Waals surface area contributed by atoms with Crippen molar-refractivity contribution in [3.05, 3.63) is 53.6 Å². The molecule has 2 aromatic carbocycles. The maximum Gasteiger partial charge on any atom is 0.573 e. The Morgan fingerprint density at radius 1 is 0.920 bits per heavy atom. The van der Waals surface area contributed by atoms with Gasteiger partial charge in [0.25, 0.3) is 0 Å². The summed E-state index contributed by atoms with van der Waals surface area (Å²) in [7, 11) is 0. The van der Waals surface area contributed by atoms with Crippen LogP contribution in [-0.4, -0.2) is 17.4 Å². The first kappa shape index (κ1) is 18.6. The lowest BCUT2D eigenvalue weighted by Gasteiger charge is -2.14. The second-order valence-electron chi connectivity index (χ2n) is 5.01. The molecule has 0 radical (unpaired) electrons. The minimum absolute atomic E-state index is 0.0834. The lowest BCUT2D eigenvalue weighted by Crippen LogP contribution is -2.16. The van der Waals surface area contributed by atoms with Gasteiger partial charge in [0.1, 0.15) is 5.75 Å². The van der Waals surface area contributed by atoms with Gasteiger partial charge in [-0.15, -0.1) is 13.2 Å². The van der Waals surface area contributed by atoms with Crippen molar-refractivity contribution < 1.29 is 41.0 Å². The SMILES string of the molecule is O=C(O)Cc1ccc(-c2ccc(OC(F)(F)F)cc2)cc1C(F)(F)F. The van der Waals surface area contributed by atoms with Crippen molar-refractivity contribution in [3.63, 3.8) is 0 Å². The van der Waals surface area contributed by atoms with Crippen molar-refractivity contribution in [3.8, 4) is 16.9 Å². The summed E-state index contributed by atoms with van der Waals surface area (Å²) in [6.45, 7) is 0. The summed E-state index contributed by atoms with van der Waals surface area (Å²) >= 11 is 0. The number of carbonyl (C=O) groups is 1.